The van der Waals surface area contributed by atoms with Gasteiger partial charge in [-0.1, -0.05) is 15.9 Å². The van der Waals surface area contributed by atoms with Crippen molar-refractivity contribution in [3.63, 3.8) is 0 Å². The van der Waals surface area contributed by atoms with E-state index in [0.29, 0.717) is 6.42 Å². The minimum Gasteiger partial charge on any atom is -0.326 e. The lowest BCUT2D eigenvalue weighted by molar-refractivity contribution is -0.117. The molecule has 1 fully saturated rings. The maximum atomic E-state index is 11.7. The second-order valence-electron chi connectivity index (χ2n) is 5.04. The van der Waals surface area contributed by atoms with E-state index in [2.05, 4.69) is 26.6 Å². The molecule has 1 aliphatic carbocycles. The van der Waals surface area contributed by atoms with Crippen molar-refractivity contribution in [1.82, 2.24) is 0 Å². The van der Waals surface area contributed by atoms with Crippen LogP contribution in [-0.2, 0) is 9.59 Å². The lowest BCUT2D eigenvalue weighted by Gasteiger charge is -2.07. The zero-order valence-electron chi connectivity index (χ0n) is 11.3. The third-order valence-corrected chi connectivity index (χ3v) is 3.73. The number of hydrogen-bond acceptors (Lipinski definition) is 2. The highest BCUT2D eigenvalue weighted by atomic mass is 79.9. The Morgan fingerprint density at radius 2 is 1.65 bits per heavy atom. The van der Waals surface area contributed by atoms with E-state index in [4.69, 9.17) is 0 Å². The SMILES string of the molecule is O=C(CCCCBr)Nc1ccc(NC(=O)C2CC2)cc1. The molecule has 0 spiro atoms. The molecular formula is C15H19BrN2O2. The van der Waals surface area contributed by atoms with Crippen molar-refractivity contribution in [2.45, 2.75) is 32.1 Å². The molecule has 0 saturated heterocycles. The van der Waals surface area contributed by atoms with Crippen molar-refractivity contribution in [3.8, 4) is 0 Å². The van der Waals surface area contributed by atoms with Crippen molar-refractivity contribution in [3.05, 3.63) is 24.3 Å². The number of rotatable bonds is 7. The van der Waals surface area contributed by atoms with Gasteiger partial charge in [-0.15, -0.1) is 0 Å². The number of hydrogen-bond donors (Lipinski definition) is 2. The molecule has 2 amide bonds. The van der Waals surface area contributed by atoms with Crippen molar-refractivity contribution in [1.29, 1.82) is 0 Å². The Bertz CT molecular complexity index is 469. The van der Waals surface area contributed by atoms with Gasteiger partial charge in [0.15, 0.2) is 0 Å². The van der Waals surface area contributed by atoms with Crippen LogP contribution in [0.1, 0.15) is 32.1 Å². The van der Waals surface area contributed by atoms with Crippen molar-refractivity contribution in [2.24, 2.45) is 5.92 Å². The average Bonchev–Trinajstić information content (AvgIpc) is 3.26. The molecule has 1 saturated carbocycles. The van der Waals surface area contributed by atoms with Gasteiger partial charge in [-0.25, -0.2) is 0 Å². The van der Waals surface area contributed by atoms with Crippen molar-refractivity contribution >= 4 is 39.1 Å². The quantitative estimate of drug-likeness (QED) is 0.590. The number of amides is 2. The number of benzene rings is 1. The van der Waals surface area contributed by atoms with Crippen molar-refractivity contribution in [2.75, 3.05) is 16.0 Å². The van der Waals surface area contributed by atoms with E-state index >= 15 is 0 Å². The molecule has 1 aliphatic rings. The summed E-state index contributed by atoms with van der Waals surface area (Å²) in [6, 6.07) is 7.25. The highest BCUT2D eigenvalue weighted by Gasteiger charge is 2.29. The van der Waals surface area contributed by atoms with Crippen LogP contribution < -0.4 is 10.6 Å². The Balaban J connectivity index is 1.78. The summed E-state index contributed by atoms with van der Waals surface area (Å²) in [6.07, 6.45) is 4.40. The van der Waals surface area contributed by atoms with Crippen LogP contribution in [0.25, 0.3) is 0 Å². The van der Waals surface area contributed by atoms with Crippen LogP contribution in [0.2, 0.25) is 0 Å². The Labute approximate surface area is 127 Å². The van der Waals surface area contributed by atoms with Crippen LogP contribution in [0, 0.1) is 5.92 Å². The first-order valence-electron chi connectivity index (χ1n) is 6.96. The summed E-state index contributed by atoms with van der Waals surface area (Å²) in [5, 5.41) is 6.65. The first-order valence-corrected chi connectivity index (χ1v) is 8.08. The predicted molar refractivity (Wildman–Crippen MR) is 84.1 cm³/mol. The van der Waals surface area contributed by atoms with E-state index < -0.39 is 0 Å². The minimum atomic E-state index is 0.0284. The fourth-order valence-corrected chi connectivity index (χ4v) is 2.23. The largest absolute Gasteiger partial charge is 0.326 e. The summed E-state index contributed by atoms with van der Waals surface area (Å²) in [5.41, 5.74) is 1.54. The van der Waals surface area contributed by atoms with E-state index in [1.54, 1.807) is 0 Å². The highest BCUT2D eigenvalue weighted by molar-refractivity contribution is 9.09. The fourth-order valence-electron chi connectivity index (χ4n) is 1.83. The molecule has 0 bridgehead atoms. The van der Waals surface area contributed by atoms with E-state index in [0.717, 1.165) is 42.4 Å². The number of anilines is 2. The Morgan fingerprint density at radius 3 is 2.20 bits per heavy atom. The number of unbranched alkanes of at least 4 members (excludes halogenated alkanes) is 1. The van der Waals surface area contributed by atoms with Gasteiger partial charge in [0.05, 0.1) is 0 Å². The maximum Gasteiger partial charge on any atom is 0.227 e. The molecule has 0 unspecified atom stereocenters. The molecule has 108 valence electrons. The van der Waals surface area contributed by atoms with Crippen LogP contribution in [-0.4, -0.2) is 17.1 Å². The Hall–Kier alpha value is -1.36. The second-order valence-corrected chi connectivity index (χ2v) is 5.83. The van der Waals surface area contributed by atoms with Gasteiger partial charge < -0.3 is 10.6 Å². The van der Waals surface area contributed by atoms with Gasteiger partial charge in [-0.3, -0.25) is 9.59 Å². The summed E-state index contributed by atoms with van der Waals surface area (Å²) in [4.78, 5) is 23.3. The lowest BCUT2D eigenvalue weighted by Crippen LogP contribution is -2.14. The van der Waals surface area contributed by atoms with E-state index in [1.165, 1.54) is 0 Å². The molecule has 4 nitrogen and oxygen atoms in total. The number of nitrogens with one attached hydrogen (secondary N) is 2. The minimum absolute atomic E-state index is 0.0284. The lowest BCUT2D eigenvalue weighted by atomic mass is 10.2. The summed E-state index contributed by atoms with van der Waals surface area (Å²) < 4.78 is 0. The summed E-state index contributed by atoms with van der Waals surface area (Å²) in [6.45, 7) is 0. The van der Waals surface area contributed by atoms with Crippen LogP contribution in [0.4, 0.5) is 11.4 Å². The van der Waals surface area contributed by atoms with E-state index in [9.17, 15) is 9.59 Å². The molecule has 0 aromatic heterocycles. The molecule has 1 aromatic rings. The standard InChI is InChI=1S/C15H19BrN2O2/c16-10-2-1-3-14(19)17-12-6-8-13(9-7-12)18-15(20)11-4-5-11/h6-9,11H,1-5,10H2,(H,17,19)(H,18,20). The summed E-state index contributed by atoms with van der Waals surface area (Å²) in [5.74, 6) is 0.320. The van der Waals surface area contributed by atoms with Gasteiger partial charge in [0, 0.05) is 29.0 Å². The summed E-state index contributed by atoms with van der Waals surface area (Å²) >= 11 is 3.34. The number of halogens is 1. The predicted octanol–water partition coefficient (Wildman–Crippen LogP) is 3.54. The zero-order chi connectivity index (χ0) is 14.4. The molecule has 0 radical (unpaired) electrons. The van der Waals surface area contributed by atoms with Crippen molar-refractivity contribution < 1.29 is 9.59 Å². The third kappa shape index (κ3) is 4.96. The normalized spacial score (nSPS) is 13.8. The first kappa shape index (κ1) is 15.0. The second kappa shape index (κ2) is 7.43. The van der Waals surface area contributed by atoms with Gasteiger partial charge in [0.1, 0.15) is 0 Å². The highest BCUT2D eigenvalue weighted by Crippen LogP contribution is 2.30. The molecule has 0 aliphatic heterocycles. The molecule has 1 aromatic carbocycles. The van der Waals surface area contributed by atoms with Gasteiger partial charge in [0.25, 0.3) is 0 Å². The zero-order valence-corrected chi connectivity index (χ0v) is 12.9. The summed E-state index contributed by atoms with van der Waals surface area (Å²) in [7, 11) is 0. The molecular weight excluding hydrogens is 320 g/mol. The van der Waals surface area contributed by atoms with E-state index in [1.807, 2.05) is 24.3 Å². The van der Waals surface area contributed by atoms with Gasteiger partial charge in [-0.05, 0) is 49.9 Å². The Morgan fingerprint density at radius 1 is 1.05 bits per heavy atom. The molecule has 0 atom stereocenters. The molecule has 20 heavy (non-hydrogen) atoms. The third-order valence-electron chi connectivity index (χ3n) is 3.17. The average molecular weight is 339 g/mol. The van der Waals surface area contributed by atoms with Gasteiger partial charge in [-0.2, -0.15) is 0 Å². The molecule has 2 N–H and O–H groups in total. The fraction of sp³-hybridized carbons (Fsp3) is 0.467. The van der Waals surface area contributed by atoms with Gasteiger partial charge in [0.2, 0.25) is 11.8 Å². The monoisotopic (exact) mass is 338 g/mol. The number of carbonyl (C=O) groups excluding carboxylic acids is 2. The Kier molecular flexibility index (Phi) is 5.59. The van der Waals surface area contributed by atoms with Crippen LogP contribution in [0.3, 0.4) is 0 Å². The van der Waals surface area contributed by atoms with E-state index in [-0.39, 0.29) is 17.7 Å². The smallest absolute Gasteiger partial charge is 0.227 e. The van der Waals surface area contributed by atoms with Crippen LogP contribution >= 0.6 is 15.9 Å². The molecule has 0 heterocycles. The number of carbonyl (C=O) groups is 2. The molecule has 2 rings (SSSR count). The van der Waals surface area contributed by atoms with Crippen LogP contribution in [0.5, 0.6) is 0 Å². The van der Waals surface area contributed by atoms with Crippen LogP contribution in [0.15, 0.2) is 24.3 Å². The van der Waals surface area contributed by atoms with Gasteiger partial charge >= 0.3 is 0 Å². The maximum absolute atomic E-state index is 11.7. The first-order chi connectivity index (χ1) is 9.69. The number of alkyl halides is 1. The topological polar surface area (TPSA) is 58.2 Å². The molecule has 5 heteroatoms.